The fourth-order valence-corrected chi connectivity index (χ4v) is 3.48. The molecule has 0 atom stereocenters. The highest BCUT2D eigenvalue weighted by Crippen LogP contribution is 2.36. The van der Waals surface area contributed by atoms with Crippen molar-refractivity contribution in [1.82, 2.24) is 0 Å². The third kappa shape index (κ3) is 2.88. The van der Waals surface area contributed by atoms with Crippen LogP contribution in [0.4, 0.5) is 5.69 Å². The number of carbonyl (C=O) groups is 1. The lowest BCUT2D eigenvalue weighted by molar-refractivity contribution is -0.113. The standard InChI is InChI=1S/C16H10ClNOS2/c17-13-9-5-4-6-11(13)10-14-15(19)18(16(20)21-14)12-7-2-1-3-8-12/h1-10H/b14-10+. The molecular formula is C16H10ClNOS2. The quantitative estimate of drug-likeness (QED) is 0.585. The molecular weight excluding hydrogens is 322 g/mol. The highest BCUT2D eigenvalue weighted by molar-refractivity contribution is 8.27. The van der Waals surface area contributed by atoms with Crippen molar-refractivity contribution in [1.29, 1.82) is 0 Å². The lowest BCUT2D eigenvalue weighted by Crippen LogP contribution is -2.27. The maximum atomic E-state index is 12.5. The summed E-state index contributed by atoms with van der Waals surface area (Å²) in [6, 6.07) is 16.8. The normalized spacial score (nSPS) is 16.8. The van der Waals surface area contributed by atoms with Gasteiger partial charge in [-0.3, -0.25) is 9.69 Å². The largest absolute Gasteiger partial charge is 0.270 e. The second kappa shape index (κ2) is 6.02. The summed E-state index contributed by atoms with van der Waals surface area (Å²) >= 11 is 12.7. The van der Waals surface area contributed by atoms with Gasteiger partial charge in [0.1, 0.15) is 0 Å². The molecule has 2 nitrogen and oxygen atoms in total. The highest BCUT2D eigenvalue weighted by Gasteiger charge is 2.33. The van der Waals surface area contributed by atoms with Gasteiger partial charge in [0.05, 0.1) is 10.6 Å². The van der Waals surface area contributed by atoms with Crippen molar-refractivity contribution in [2.45, 2.75) is 0 Å². The summed E-state index contributed by atoms with van der Waals surface area (Å²) in [7, 11) is 0. The van der Waals surface area contributed by atoms with Gasteiger partial charge in [-0.15, -0.1) is 0 Å². The first-order valence-corrected chi connectivity index (χ1v) is 7.84. The summed E-state index contributed by atoms with van der Waals surface area (Å²) in [5, 5.41) is 0.613. The van der Waals surface area contributed by atoms with Crippen LogP contribution in [0.5, 0.6) is 0 Å². The van der Waals surface area contributed by atoms with Crippen LogP contribution in [0.3, 0.4) is 0 Å². The van der Waals surface area contributed by atoms with E-state index in [1.807, 2.05) is 48.5 Å². The number of thioether (sulfide) groups is 1. The number of benzene rings is 2. The topological polar surface area (TPSA) is 20.3 Å². The Morgan fingerprint density at radius 2 is 1.71 bits per heavy atom. The number of carbonyl (C=O) groups excluding carboxylic acids is 1. The molecule has 0 bridgehead atoms. The molecule has 0 radical (unpaired) electrons. The molecule has 0 N–H and O–H groups in total. The van der Waals surface area contributed by atoms with Crippen molar-refractivity contribution in [2.75, 3.05) is 4.90 Å². The third-order valence-electron chi connectivity index (χ3n) is 3.00. The van der Waals surface area contributed by atoms with Gasteiger partial charge < -0.3 is 0 Å². The van der Waals surface area contributed by atoms with Crippen LogP contribution in [0, 0.1) is 0 Å². The molecule has 1 aliphatic heterocycles. The van der Waals surface area contributed by atoms with Crippen LogP contribution >= 0.6 is 35.6 Å². The minimum absolute atomic E-state index is 0.115. The molecule has 0 saturated carbocycles. The van der Waals surface area contributed by atoms with Crippen molar-refractivity contribution in [2.24, 2.45) is 0 Å². The van der Waals surface area contributed by atoms with Gasteiger partial charge in [0, 0.05) is 5.02 Å². The molecule has 1 heterocycles. The molecule has 0 spiro atoms. The van der Waals surface area contributed by atoms with E-state index in [0.29, 0.717) is 14.2 Å². The highest BCUT2D eigenvalue weighted by atomic mass is 35.5. The molecule has 104 valence electrons. The number of thiocarbonyl (C=S) groups is 1. The fraction of sp³-hybridized carbons (Fsp3) is 0. The van der Waals surface area contributed by atoms with Gasteiger partial charge in [-0.25, -0.2) is 0 Å². The number of nitrogens with zero attached hydrogens (tertiary/aromatic N) is 1. The van der Waals surface area contributed by atoms with Crippen molar-refractivity contribution in [3.8, 4) is 0 Å². The first-order valence-electron chi connectivity index (χ1n) is 6.24. The zero-order chi connectivity index (χ0) is 14.8. The Morgan fingerprint density at radius 3 is 2.43 bits per heavy atom. The second-order valence-electron chi connectivity index (χ2n) is 4.37. The van der Waals surface area contributed by atoms with Crippen LogP contribution in [-0.2, 0) is 4.79 Å². The van der Waals surface area contributed by atoms with E-state index in [4.69, 9.17) is 23.8 Å². The van der Waals surface area contributed by atoms with Crippen LogP contribution in [0.15, 0.2) is 59.5 Å². The van der Waals surface area contributed by atoms with Crippen molar-refractivity contribution in [3.63, 3.8) is 0 Å². The summed E-state index contributed by atoms with van der Waals surface area (Å²) < 4.78 is 0.532. The molecule has 0 aromatic heterocycles. The summed E-state index contributed by atoms with van der Waals surface area (Å²) in [6.07, 6.45) is 1.78. The van der Waals surface area contributed by atoms with Crippen LogP contribution in [0.25, 0.3) is 6.08 Å². The van der Waals surface area contributed by atoms with E-state index in [9.17, 15) is 4.79 Å². The monoisotopic (exact) mass is 331 g/mol. The number of amides is 1. The fourth-order valence-electron chi connectivity index (χ4n) is 2.00. The molecule has 1 aliphatic rings. The van der Waals surface area contributed by atoms with E-state index in [1.54, 1.807) is 17.0 Å². The van der Waals surface area contributed by atoms with E-state index >= 15 is 0 Å². The number of hydrogen-bond acceptors (Lipinski definition) is 3. The predicted octanol–water partition coefficient (Wildman–Crippen LogP) is 4.75. The Hall–Kier alpha value is -1.62. The lowest BCUT2D eigenvalue weighted by Gasteiger charge is -2.13. The van der Waals surface area contributed by atoms with Crippen LogP contribution in [0.2, 0.25) is 5.02 Å². The SMILES string of the molecule is O=C1/C(=C\c2ccccc2Cl)SC(=S)N1c1ccccc1. The molecule has 3 rings (SSSR count). The smallest absolute Gasteiger partial charge is 0.268 e. The van der Waals surface area contributed by atoms with E-state index in [1.165, 1.54) is 11.8 Å². The van der Waals surface area contributed by atoms with Gasteiger partial charge in [-0.1, -0.05) is 72.0 Å². The third-order valence-corrected chi connectivity index (χ3v) is 4.65. The van der Waals surface area contributed by atoms with E-state index in [0.717, 1.165) is 11.3 Å². The molecule has 5 heteroatoms. The Morgan fingerprint density at radius 1 is 1.05 bits per heavy atom. The molecule has 1 saturated heterocycles. The minimum Gasteiger partial charge on any atom is -0.268 e. The zero-order valence-corrected chi connectivity index (χ0v) is 13.2. The van der Waals surface area contributed by atoms with Gasteiger partial charge in [-0.2, -0.15) is 0 Å². The van der Waals surface area contributed by atoms with Crippen molar-refractivity contribution < 1.29 is 4.79 Å². The van der Waals surface area contributed by atoms with Crippen LogP contribution in [0.1, 0.15) is 5.56 Å². The summed E-state index contributed by atoms with van der Waals surface area (Å²) in [5.41, 5.74) is 1.59. The van der Waals surface area contributed by atoms with Gasteiger partial charge in [-0.05, 0) is 29.8 Å². The Labute approximate surface area is 137 Å². The number of hydrogen-bond donors (Lipinski definition) is 0. The first-order chi connectivity index (χ1) is 10.2. The Bertz CT molecular complexity index is 743. The average Bonchev–Trinajstić information content (AvgIpc) is 2.77. The van der Waals surface area contributed by atoms with Gasteiger partial charge >= 0.3 is 0 Å². The molecule has 0 unspecified atom stereocenters. The number of rotatable bonds is 2. The maximum absolute atomic E-state index is 12.5. The number of para-hydroxylation sites is 1. The average molecular weight is 332 g/mol. The Kier molecular flexibility index (Phi) is 4.10. The van der Waals surface area contributed by atoms with E-state index in [2.05, 4.69) is 0 Å². The molecule has 2 aromatic carbocycles. The minimum atomic E-state index is -0.115. The molecule has 21 heavy (non-hydrogen) atoms. The van der Waals surface area contributed by atoms with E-state index in [-0.39, 0.29) is 5.91 Å². The maximum Gasteiger partial charge on any atom is 0.270 e. The first kappa shape index (κ1) is 14.3. The zero-order valence-electron chi connectivity index (χ0n) is 10.8. The summed E-state index contributed by atoms with van der Waals surface area (Å²) in [6.45, 7) is 0. The van der Waals surface area contributed by atoms with Gasteiger partial charge in [0.2, 0.25) is 0 Å². The molecule has 1 fully saturated rings. The molecule has 0 aliphatic carbocycles. The summed E-state index contributed by atoms with van der Waals surface area (Å²) in [4.78, 5) is 14.7. The summed E-state index contributed by atoms with van der Waals surface area (Å²) in [5.74, 6) is -0.115. The predicted molar refractivity (Wildman–Crippen MR) is 93.5 cm³/mol. The number of halogens is 1. The second-order valence-corrected chi connectivity index (χ2v) is 6.46. The lowest BCUT2D eigenvalue weighted by atomic mass is 10.2. The van der Waals surface area contributed by atoms with Crippen molar-refractivity contribution >= 4 is 57.6 Å². The van der Waals surface area contributed by atoms with Gasteiger partial charge in [0.25, 0.3) is 5.91 Å². The van der Waals surface area contributed by atoms with Crippen molar-refractivity contribution in [3.05, 3.63) is 70.1 Å². The van der Waals surface area contributed by atoms with Crippen LogP contribution < -0.4 is 4.90 Å². The number of anilines is 1. The van der Waals surface area contributed by atoms with Gasteiger partial charge in [0.15, 0.2) is 4.32 Å². The molecule has 2 aromatic rings. The Balaban J connectivity index is 1.96. The molecule has 1 amide bonds. The van der Waals surface area contributed by atoms with E-state index < -0.39 is 0 Å². The van der Waals surface area contributed by atoms with Crippen LogP contribution in [-0.4, -0.2) is 10.2 Å².